The Morgan fingerprint density at radius 3 is 2.80 bits per heavy atom. The van der Waals surface area contributed by atoms with Crippen molar-refractivity contribution in [3.63, 3.8) is 0 Å². The predicted molar refractivity (Wildman–Crippen MR) is 62.8 cm³/mol. The van der Waals surface area contributed by atoms with E-state index in [0.717, 1.165) is 22.6 Å². The van der Waals surface area contributed by atoms with Crippen molar-refractivity contribution in [2.75, 3.05) is 5.73 Å². The molecule has 78 valence electrons. The summed E-state index contributed by atoms with van der Waals surface area (Å²) >= 11 is 6.03. The Balaban J connectivity index is 2.53. The molecule has 0 aliphatic rings. The lowest BCUT2D eigenvalue weighted by Gasteiger charge is -2.04. The van der Waals surface area contributed by atoms with E-state index in [4.69, 9.17) is 17.3 Å². The summed E-state index contributed by atoms with van der Waals surface area (Å²) in [5.41, 5.74) is 8.85. The highest BCUT2D eigenvalue weighted by molar-refractivity contribution is 6.31. The predicted octanol–water partition coefficient (Wildman–Crippen LogP) is 2.87. The zero-order valence-electron chi connectivity index (χ0n) is 8.42. The summed E-state index contributed by atoms with van der Waals surface area (Å²) in [6.45, 7) is 2.09. The Kier molecular flexibility index (Phi) is 2.64. The molecule has 1 aromatic carbocycles. The number of benzene rings is 1. The first-order valence-corrected chi connectivity index (χ1v) is 5.17. The monoisotopic (exact) mass is 221 g/mol. The smallest absolute Gasteiger partial charge is 0.126 e. The second-order valence-corrected chi connectivity index (χ2v) is 3.84. The van der Waals surface area contributed by atoms with E-state index in [1.54, 1.807) is 6.20 Å². The molecule has 0 aliphatic carbocycles. The van der Waals surface area contributed by atoms with Crippen molar-refractivity contribution in [2.24, 2.45) is 0 Å². The van der Waals surface area contributed by atoms with Gasteiger partial charge in [0.2, 0.25) is 0 Å². The molecule has 0 atom stereocenters. The molecule has 0 fully saturated rings. The number of aryl methyl sites for hydroxylation is 1. The van der Waals surface area contributed by atoms with Crippen molar-refractivity contribution in [2.45, 2.75) is 13.3 Å². The number of nitrogens with zero attached hydrogens (tertiary/aromatic N) is 1. The van der Waals surface area contributed by atoms with Crippen LogP contribution < -0.4 is 5.73 Å². The molecule has 0 radical (unpaired) electrons. The third kappa shape index (κ3) is 1.97. The summed E-state index contributed by atoms with van der Waals surface area (Å²) in [6, 6.07) is 5.93. The van der Waals surface area contributed by atoms with Gasteiger partial charge in [-0.1, -0.05) is 24.6 Å². The fraction of sp³-hybridized carbons (Fsp3) is 0.182. The van der Waals surface area contributed by atoms with Crippen LogP contribution >= 0.6 is 11.6 Å². The number of hydrogen-bond donors (Lipinski definition) is 2. The number of H-pyrrole nitrogens is 1. The minimum Gasteiger partial charge on any atom is -0.384 e. The van der Waals surface area contributed by atoms with Crippen LogP contribution in [0.2, 0.25) is 5.02 Å². The van der Waals surface area contributed by atoms with Crippen LogP contribution in [0.3, 0.4) is 0 Å². The van der Waals surface area contributed by atoms with E-state index in [1.807, 2.05) is 12.1 Å². The number of halogens is 1. The van der Waals surface area contributed by atoms with Crippen molar-refractivity contribution < 1.29 is 0 Å². The van der Waals surface area contributed by atoms with Gasteiger partial charge >= 0.3 is 0 Å². The number of anilines is 1. The topological polar surface area (TPSA) is 54.7 Å². The Morgan fingerprint density at radius 2 is 2.20 bits per heavy atom. The van der Waals surface area contributed by atoms with E-state index in [9.17, 15) is 0 Å². The molecule has 0 saturated heterocycles. The van der Waals surface area contributed by atoms with Crippen LogP contribution in [0, 0.1) is 0 Å². The first-order chi connectivity index (χ1) is 7.20. The maximum absolute atomic E-state index is 6.03. The van der Waals surface area contributed by atoms with Gasteiger partial charge in [-0.2, -0.15) is 5.10 Å². The van der Waals surface area contributed by atoms with Gasteiger partial charge in [-0.25, -0.2) is 0 Å². The second-order valence-electron chi connectivity index (χ2n) is 3.40. The van der Waals surface area contributed by atoms with Gasteiger partial charge < -0.3 is 5.73 Å². The zero-order valence-corrected chi connectivity index (χ0v) is 9.17. The largest absolute Gasteiger partial charge is 0.384 e. The third-order valence-corrected chi connectivity index (χ3v) is 2.56. The molecule has 0 saturated carbocycles. The van der Waals surface area contributed by atoms with Crippen LogP contribution in [0.4, 0.5) is 5.82 Å². The van der Waals surface area contributed by atoms with E-state index in [1.165, 1.54) is 5.56 Å². The number of hydrogen-bond acceptors (Lipinski definition) is 2. The molecule has 1 aromatic heterocycles. The molecule has 3 nitrogen and oxygen atoms in total. The van der Waals surface area contributed by atoms with Gasteiger partial charge in [-0.15, -0.1) is 0 Å². The van der Waals surface area contributed by atoms with E-state index in [-0.39, 0.29) is 0 Å². The molecule has 0 amide bonds. The SMILES string of the molecule is CCc1cc(Cl)cc(-c2cn[nH]c2N)c1. The Morgan fingerprint density at radius 1 is 1.40 bits per heavy atom. The first-order valence-electron chi connectivity index (χ1n) is 4.79. The fourth-order valence-electron chi connectivity index (χ4n) is 1.54. The molecule has 2 rings (SSSR count). The highest BCUT2D eigenvalue weighted by Gasteiger charge is 2.06. The highest BCUT2D eigenvalue weighted by Crippen LogP contribution is 2.27. The second kappa shape index (κ2) is 3.95. The van der Waals surface area contributed by atoms with E-state index in [2.05, 4.69) is 23.2 Å². The van der Waals surface area contributed by atoms with Gasteiger partial charge in [0.05, 0.1) is 6.20 Å². The number of nitrogens with two attached hydrogens (primary N) is 1. The highest BCUT2D eigenvalue weighted by atomic mass is 35.5. The lowest BCUT2D eigenvalue weighted by atomic mass is 10.0. The summed E-state index contributed by atoms with van der Waals surface area (Å²) < 4.78 is 0. The van der Waals surface area contributed by atoms with Gasteiger partial charge in [-0.05, 0) is 29.7 Å². The molecule has 0 bridgehead atoms. The number of aromatic amines is 1. The van der Waals surface area contributed by atoms with Crippen LogP contribution in [-0.2, 0) is 6.42 Å². The van der Waals surface area contributed by atoms with E-state index in [0.29, 0.717) is 5.82 Å². The molecule has 4 heteroatoms. The summed E-state index contributed by atoms with van der Waals surface area (Å²) in [5, 5.41) is 7.33. The summed E-state index contributed by atoms with van der Waals surface area (Å²) in [4.78, 5) is 0. The van der Waals surface area contributed by atoms with E-state index >= 15 is 0 Å². The quantitative estimate of drug-likeness (QED) is 0.820. The molecular weight excluding hydrogens is 210 g/mol. The average molecular weight is 222 g/mol. The maximum atomic E-state index is 6.03. The van der Waals surface area contributed by atoms with Crippen molar-refractivity contribution in [3.8, 4) is 11.1 Å². The lowest BCUT2D eigenvalue weighted by molar-refractivity contribution is 1.10. The van der Waals surface area contributed by atoms with Crippen LogP contribution in [0.25, 0.3) is 11.1 Å². The zero-order chi connectivity index (χ0) is 10.8. The van der Waals surface area contributed by atoms with Gasteiger partial charge in [0, 0.05) is 10.6 Å². The summed E-state index contributed by atoms with van der Waals surface area (Å²) in [7, 11) is 0. The standard InChI is InChI=1S/C11H12ClN3/c1-2-7-3-8(5-9(12)4-7)10-6-14-15-11(10)13/h3-6H,2H2,1H3,(H3,13,14,15). The van der Waals surface area contributed by atoms with Crippen LogP contribution in [-0.4, -0.2) is 10.2 Å². The molecule has 1 heterocycles. The Hall–Kier alpha value is -1.48. The Bertz CT molecular complexity index is 476. The first kappa shape index (κ1) is 10.1. The number of nitrogen functional groups attached to an aromatic ring is 1. The number of nitrogens with one attached hydrogen (secondary N) is 1. The van der Waals surface area contributed by atoms with Crippen LogP contribution in [0.5, 0.6) is 0 Å². The molecule has 2 aromatic rings. The molecule has 0 aliphatic heterocycles. The third-order valence-electron chi connectivity index (χ3n) is 2.35. The van der Waals surface area contributed by atoms with E-state index < -0.39 is 0 Å². The van der Waals surface area contributed by atoms with Crippen molar-refractivity contribution in [1.29, 1.82) is 0 Å². The lowest BCUT2D eigenvalue weighted by Crippen LogP contribution is -1.89. The van der Waals surface area contributed by atoms with Crippen molar-refractivity contribution in [3.05, 3.63) is 35.0 Å². The Labute approximate surface area is 93.3 Å². The summed E-state index contributed by atoms with van der Waals surface area (Å²) in [6.07, 6.45) is 2.66. The maximum Gasteiger partial charge on any atom is 0.126 e. The number of aromatic nitrogens is 2. The summed E-state index contributed by atoms with van der Waals surface area (Å²) in [5.74, 6) is 0.569. The normalized spacial score (nSPS) is 10.5. The van der Waals surface area contributed by atoms with Crippen molar-refractivity contribution in [1.82, 2.24) is 10.2 Å². The molecule has 0 unspecified atom stereocenters. The van der Waals surface area contributed by atoms with Crippen LogP contribution in [0.1, 0.15) is 12.5 Å². The fourth-order valence-corrected chi connectivity index (χ4v) is 1.79. The minimum atomic E-state index is 0.569. The molecule has 15 heavy (non-hydrogen) atoms. The average Bonchev–Trinajstić information content (AvgIpc) is 2.63. The molecular formula is C11H12ClN3. The van der Waals surface area contributed by atoms with Crippen LogP contribution in [0.15, 0.2) is 24.4 Å². The van der Waals surface area contributed by atoms with Gasteiger partial charge in [0.1, 0.15) is 5.82 Å². The molecule has 0 spiro atoms. The van der Waals surface area contributed by atoms with Crippen molar-refractivity contribution >= 4 is 17.4 Å². The van der Waals surface area contributed by atoms with Gasteiger partial charge in [0.25, 0.3) is 0 Å². The van der Waals surface area contributed by atoms with Gasteiger partial charge in [-0.3, -0.25) is 5.10 Å². The number of rotatable bonds is 2. The van der Waals surface area contributed by atoms with Gasteiger partial charge in [0.15, 0.2) is 0 Å². The molecule has 3 N–H and O–H groups in total. The minimum absolute atomic E-state index is 0.569.